The van der Waals surface area contributed by atoms with Crippen molar-refractivity contribution in [3.05, 3.63) is 24.5 Å². The first-order valence-corrected chi connectivity index (χ1v) is 7.91. The molecule has 1 aromatic heterocycles. The van der Waals surface area contributed by atoms with Crippen molar-refractivity contribution in [3.63, 3.8) is 0 Å². The van der Waals surface area contributed by atoms with Crippen LogP contribution in [0.4, 0.5) is 0 Å². The highest BCUT2D eigenvalue weighted by atomic mass is 32.2. The molecule has 0 bridgehead atoms. The van der Waals surface area contributed by atoms with Crippen molar-refractivity contribution in [2.45, 2.75) is 11.3 Å². The van der Waals surface area contributed by atoms with E-state index < -0.39 is 10.0 Å². The van der Waals surface area contributed by atoms with E-state index in [4.69, 9.17) is 5.73 Å². The summed E-state index contributed by atoms with van der Waals surface area (Å²) in [5, 5.41) is 0. The highest BCUT2D eigenvalue weighted by Crippen LogP contribution is 2.16. The van der Waals surface area contributed by atoms with E-state index in [0.717, 1.165) is 26.1 Å². The molecular formula is C12H20N4O2S. The number of pyridine rings is 1. The number of aromatic nitrogens is 1. The summed E-state index contributed by atoms with van der Waals surface area (Å²) < 4.78 is 26.4. The molecule has 0 spiro atoms. The maximum absolute atomic E-state index is 12.4. The van der Waals surface area contributed by atoms with Crippen molar-refractivity contribution < 1.29 is 8.42 Å². The van der Waals surface area contributed by atoms with Gasteiger partial charge in [-0.25, -0.2) is 8.42 Å². The molecule has 7 heteroatoms. The van der Waals surface area contributed by atoms with Gasteiger partial charge in [-0.05, 0) is 25.1 Å². The Morgan fingerprint density at radius 1 is 1.26 bits per heavy atom. The Morgan fingerprint density at radius 2 is 2.11 bits per heavy atom. The predicted octanol–water partition coefficient (Wildman–Crippen LogP) is -0.263. The van der Waals surface area contributed by atoms with Crippen LogP contribution in [0.15, 0.2) is 29.4 Å². The monoisotopic (exact) mass is 284 g/mol. The van der Waals surface area contributed by atoms with Crippen molar-refractivity contribution in [2.75, 3.05) is 39.3 Å². The molecule has 0 aliphatic carbocycles. The van der Waals surface area contributed by atoms with Gasteiger partial charge in [0.15, 0.2) is 0 Å². The van der Waals surface area contributed by atoms with E-state index in [2.05, 4.69) is 9.88 Å². The van der Waals surface area contributed by atoms with Crippen LogP contribution in [0.25, 0.3) is 0 Å². The summed E-state index contributed by atoms with van der Waals surface area (Å²) >= 11 is 0. The zero-order valence-corrected chi connectivity index (χ0v) is 11.7. The Hall–Kier alpha value is -1.02. The average Bonchev–Trinajstić information content (AvgIpc) is 2.66. The molecule has 19 heavy (non-hydrogen) atoms. The molecule has 1 fully saturated rings. The lowest BCUT2D eigenvalue weighted by molar-refractivity contribution is 0.294. The molecule has 2 heterocycles. The van der Waals surface area contributed by atoms with Crippen LogP contribution in [0.1, 0.15) is 6.42 Å². The van der Waals surface area contributed by atoms with Crippen LogP contribution in [0.5, 0.6) is 0 Å². The standard InChI is InChI=1S/C12H20N4O2S/c13-4-8-15-6-2-7-16(10-9-15)19(17,18)12-3-1-5-14-11-12/h1,3,5,11H,2,4,6-10,13H2. The molecule has 0 aromatic carbocycles. The Bertz CT molecular complexity index is 492. The second-order valence-electron chi connectivity index (χ2n) is 4.58. The lowest BCUT2D eigenvalue weighted by Gasteiger charge is -2.21. The highest BCUT2D eigenvalue weighted by molar-refractivity contribution is 7.89. The number of rotatable bonds is 4. The van der Waals surface area contributed by atoms with E-state index in [0.29, 0.717) is 19.6 Å². The molecule has 0 saturated carbocycles. The number of hydrogen-bond donors (Lipinski definition) is 1. The number of nitrogens with zero attached hydrogens (tertiary/aromatic N) is 3. The van der Waals surface area contributed by atoms with E-state index in [-0.39, 0.29) is 4.90 Å². The van der Waals surface area contributed by atoms with Crippen molar-refractivity contribution in [3.8, 4) is 0 Å². The molecule has 106 valence electrons. The first kappa shape index (κ1) is 14.4. The average molecular weight is 284 g/mol. The minimum Gasteiger partial charge on any atom is -0.329 e. The van der Waals surface area contributed by atoms with Gasteiger partial charge in [0.05, 0.1) is 0 Å². The van der Waals surface area contributed by atoms with Gasteiger partial charge in [-0.2, -0.15) is 4.31 Å². The molecule has 1 aliphatic rings. The van der Waals surface area contributed by atoms with Crippen LogP contribution in [-0.2, 0) is 10.0 Å². The Labute approximate surface area is 114 Å². The number of hydrogen-bond acceptors (Lipinski definition) is 5. The van der Waals surface area contributed by atoms with Gasteiger partial charge in [-0.3, -0.25) is 4.98 Å². The SMILES string of the molecule is NCCN1CCCN(S(=O)(=O)c2cccnc2)CC1. The maximum atomic E-state index is 12.4. The lowest BCUT2D eigenvalue weighted by Crippen LogP contribution is -2.36. The molecule has 0 unspecified atom stereocenters. The summed E-state index contributed by atoms with van der Waals surface area (Å²) in [5.41, 5.74) is 5.54. The molecule has 6 nitrogen and oxygen atoms in total. The Kier molecular flexibility index (Phi) is 4.87. The smallest absolute Gasteiger partial charge is 0.244 e. The lowest BCUT2D eigenvalue weighted by atomic mass is 10.4. The molecule has 1 aliphatic heterocycles. The molecule has 0 radical (unpaired) electrons. The van der Waals surface area contributed by atoms with Gasteiger partial charge < -0.3 is 10.6 Å². The summed E-state index contributed by atoms with van der Waals surface area (Å²) in [5.74, 6) is 0. The third kappa shape index (κ3) is 3.50. The summed E-state index contributed by atoms with van der Waals surface area (Å²) in [6, 6.07) is 3.23. The molecule has 0 amide bonds. The van der Waals surface area contributed by atoms with Crippen LogP contribution >= 0.6 is 0 Å². The van der Waals surface area contributed by atoms with Gasteiger partial charge in [0.25, 0.3) is 0 Å². The van der Waals surface area contributed by atoms with Crippen molar-refractivity contribution in [1.82, 2.24) is 14.2 Å². The Balaban J connectivity index is 2.10. The molecule has 1 saturated heterocycles. The van der Waals surface area contributed by atoms with E-state index in [1.54, 1.807) is 22.6 Å². The van der Waals surface area contributed by atoms with E-state index in [1.807, 2.05) is 0 Å². The quantitative estimate of drug-likeness (QED) is 0.824. The normalized spacial score (nSPS) is 19.2. The Morgan fingerprint density at radius 3 is 2.79 bits per heavy atom. The van der Waals surface area contributed by atoms with Crippen LogP contribution in [0, 0.1) is 0 Å². The first-order chi connectivity index (χ1) is 9.14. The van der Waals surface area contributed by atoms with Gasteiger partial charge in [-0.1, -0.05) is 0 Å². The fraction of sp³-hybridized carbons (Fsp3) is 0.583. The second kappa shape index (κ2) is 6.42. The van der Waals surface area contributed by atoms with Crippen molar-refractivity contribution in [2.24, 2.45) is 5.73 Å². The number of nitrogens with two attached hydrogens (primary N) is 1. The summed E-state index contributed by atoms with van der Waals surface area (Å²) in [4.78, 5) is 6.35. The largest absolute Gasteiger partial charge is 0.329 e. The van der Waals surface area contributed by atoms with E-state index >= 15 is 0 Å². The van der Waals surface area contributed by atoms with Crippen LogP contribution in [-0.4, -0.2) is 61.9 Å². The predicted molar refractivity (Wildman–Crippen MR) is 73.1 cm³/mol. The molecular weight excluding hydrogens is 264 g/mol. The van der Waals surface area contributed by atoms with Gasteiger partial charge in [0.1, 0.15) is 4.90 Å². The maximum Gasteiger partial charge on any atom is 0.244 e. The van der Waals surface area contributed by atoms with Crippen LogP contribution in [0.2, 0.25) is 0 Å². The van der Waals surface area contributed by atoms with Gasteiger partial charge >= 0.3 is 0 Å². The zero-order chi connectivity index (χ0) is 13.7. The van der Waals surface area contributed by atoms with Gasteiger partial charge in [0, 0.05) is 45.1 Å². The minimum atomic E-state index is -3.41. The van der Waals surface area contributed by atoms with Crippen molar-refractivity contribution in [1.29, 1.82) is 0 Å². The topological polar surface area (TPSA) is 79.5 Å². The third-order valence-electron chi connectivity index (χ3n) is 3.26. The minimum absolute atomic E-state index is 0.266. The fourth-order valence-electron chi connectivity index (χ4n) is 2.24. The molecule has 2 rings (SSSR count). The summed E-state index contributed by atoms with van der Waals surface area (Å²) in [7, 11) is -3.41. The van der Waals surface area contributed by atoms with Gasteiger partial charge in [-0.15, -0.1) is 0 Å². The van der Waals surface area contributed by atoms with Crippen LogP contribution < -0.4 is 5.73 Å². The highest BCUT2D eigenvalue weighted by Gasteiger charge is 2.26. The summed E-state index contributed by atoms with van der Waals surface area (Å²) in [6.45, 7) is 4.12. The van der Waals surface area contributed by atoms with Gasteiger partial charge in [0.2, 0.25) is 10.0 Å². The van der Waals surface area contributed by atoms with E-state index in [1.165, 1.54) is 6.20 Å². The second-order valence-corrected chi connectivity index (χ2v) is 6.51. The number of sulfonamides is 1. The van der Waals surface area contributed by atoms with Crippen LogP contribution in [0.3, 0.4) is 0 Å². The fourth-order valence-corrected chi connectivity index (χ4v) is 3.68. The molecule has 2 N–H and O–H groups in total. The summed E-state index contributed by atoms with van der Waals surface area (Å²) in [6.07, 6.45) is 3.81. The zero-order valence-electron chi connectivity index (χ0n) is 10.9. The third-order valence-corrected chi connectivity index (χ3v) is 5.15. The molecule has 1 aromatic rings. The molecule has 0 atom stereocenters. The first-order valence-electron chi connectivity index (χ1n) is 6.47. The van der Waals surface area contributed by atoms with Crippen molar-refractivity contribution >= 4 is 10.0 Å². The van der Waals surface area contributed by atoms with E-state index in [9.17, 15) is 8.42 Å².